The molecular weight excluding hydrogens is 528 g/mol. The van der Waals surface area contributed by atoms with Crippen LogP contribution in [-0.4, -0.2) is 44.6 Å². The first-order valence-corrected chi connectivity index (χ1v) is 14.4. The lowest BCUT2D eigenvalue weighted by molar-refractivity contribution is -0.140. The summed E-state index contributed by atoms with van der Waals surface area (Å²) in [6.45, 7) is 14.2. The molecule has 0 fully saturated rings. The molecule has 8 bridgehead atoms. The minimum atomic E-state index is -0.543. The smallest absolute Gasteiger partial charge is 0.305 e. The Morgan fingerprint density at radius 2 is 1.67 bits per heavy atom. The number of allylic oxidation sites excluding steroid dienone is 5. The van der Waals surface area contributed by atoms with Gasteiger partial charge in [-0.05, 0) is 74.1 Å². The summed E-state index contributed by atoms with van der Waals surface area (Å²) in [6, 6.07) is 5.99. The van der Waals surface area contributed by atoms with Gasteiger partial charge in [0.15, 0.2) is 0 Å². The van der Waals surface area contributed by atoms with E-state index in [0.717, 1.165) is 68.3 Å². The first-order chi connectivity index (χ1) is 20.1. The van der Waals surface area contributed by atoms with Gasteiger partial charge in [0, 0.05) is 40.7 Å². The molecule has 214 valence electrons. The summed E-state index contributed by atoms with van der Waals surface area (Å²) in [5.74, 6) is -1.68. The van der Waals surface area contributed by atoms with Gasteiger partial charge in [0.25, 0.3) is 0 Å². The molecular formula is C34H34N4O4. The highest BCUT2D eigenvalue weighted by atomic mass is 16.5. The SMILES string of the molecule is C=CC1=C(C)c2cc3[nH]c(c4c5[nH]c(cc6nc(cc1n2)C(C)=C6CC)c(C)c5C(=O)C4=O)C(CCC(=O)OC)C3C. The van der Waals surface area contributed by atoms with Crippen LogP contribution in [-0.2, 0) is 9.53 Å². The van der Waals surface area contributed by atoms with E-state index in [0.29, 0.717) is 28.8 Å². The quantitative estimate of drug-likeness (QED) is 0.299. The Labute approximate surface area is 244 Å². The Kier molecular flexibility index (Phi) is 6.60. The Morgan fingerprint density at radius 3 is 2.36 bits per heavy atom. The highest BCUT2D eigenvalue weighted by molar-refractivity contribution is 6.56. The summed E-state index contributed by atoms with van der Waals surface area (Å²) in [6.07, 6.45) is 3.25. The van der Waals surface area contributed by atoms with Crippen molar-refractivity contribution in [2.75, 3.05) is 7.11 Å². The molecule has 2 atom stereocenters. The van der Waals surface area contributed by atoms with Crippen LogP contribution in [0.3, 0.4) is 0 Å². The molecule has 2 aromatic heterocycles. The average Bonchev–Trinajstić information content (AvgIpc) is 3.69. The van der Waals surface area contributed by atoms with Crippen molar-refractivity contribution in [3.8, 4) is 0 Å². The predicted octanol–water partition coefficient (Wildman–Crippen LogP) is 7.02. The summed E-state index contributed by atoms with van der Waals surface area (Å²) in [5.41, 5.74) is 11.6. The van der Waals surface area contributed by atoms with Crippen LogP contribution in [0.4, 0.5) is 0 Å². The van der Waals surface area contributed by atoms with Crippen molar-refractivity contribution < 1.29 is 19.1 Å². The zero-order valence-corrected chi connectivity index (χ0v) is 24.8. The third kappa shape index (κ3) is 4.00. The summed E-state index contributed by atoms with van der Waals surface area (Å²) in [7, 11) is 1.37. The van der Waals surface area contributed by atoms with Crippen LogP contribution in [0.2, 0.25) is 0 Å². The molecule has 0 saturated carbocycles. The van der Waals surface area contributed by atoms with E-state index in [1.807, 2.05) is 38.1 Å². The maximum atomic E-state index is 13.6. The topological polar surface area (TPSA) is 118 Å². The van der Waals surface area contributed by atoms with Gasteiger partial charge >= 0.3 is 5.97 Å². The standard InChI is InChI=1S/C34H34N4O4/c1-8-19-15(3)22-12-24-17(5)21(10-11-28(39)42-7)31(37-24)30-32-29(33(40)34(30)41)18(6)25(38-32)14-27-20(9-2)16(4)23(36-27)13-26(19)35-22/h8,12-14,17,21,37-38H,1,9-11H2,2-7H3. The van der Waals surface area contributed by atoms with Crippen LogP contribution in [0.25, 0.3) is 33.3 Å². The van der Waals surface area contributed by atoms with Gasteiger partial charge in [-0.1, -0.05) is 26.5 Å². The lowest BCUT2D eigenvalue weighted by Crippen LogP contribution is -2.13. The van der Waals surface area contributed by atoms with Crippen LogP contribution < -0.4 is 0 Å². The molecule has 0 amide bonds. The third-order valence-corrected chi connectivity index (χ3v) is 9.20. The maximum Gasteiger partial charge on any atom is 0.305 e. The summed E-state index contributed by atoms with van der Waals surface area (Å²) < 4.78 is 4.92. The van der Waals surface area contributed by atoms with Crippen LogP contribution in [0.1, 0.15) is 119 Å². The number of H-pyrrole nitrogens is 2. The summed E-state index contributed by atoms with van der Waals surface area (Å²) in [5, 5.41) is 0. The molecule has 0 spiro atoms. The van der Waals surface area contributed by atoms with Gasteiger partial charge in [0.2, 0.25) is 11.6 Å². The number of esters is 1. The number of Topliss-reactive ketones (excluding diaryl/α,β-unsaturated/α-hetero) is 2. The van der Waals surface area contributed by atoms with E-state index in [9.17, 15) is 14.4 Å². The molecule has 0 radical (unpaired) electrons. The number of hydrogen-bond acceptors (Lipinski definition) is 6. The number of aromatic amines is 2. The zero-order chi connectivity index (χ0) is 30.0. The number of hydrogen-bond donors (Lipinski definition) is 2. The minimum absolute atomic E-state index is 0.0779. The molecule has 0 aromatic carbocycles. The van der Waals surface area contributed by atoms with Crippen molar-refractivity contribution in [2.24, 2.45) is 0 Å². The fourth-order valence-corrected chi connectivity index (χ4v) is 6.70. The molecule has 42 heavy (non-hydrogen) atoms. The van der Waals surface area contributed by atoms with Crippen molar-refractivity contribution in [3.05, 3.63) is 81.7 Å². The molecule has 2 aromatic rings. The van der Waals surface area contributed by atoms with Gasteiger partial charge in [0.05, 0.1) is 46.5 Å². The monoisotopic (exact) mass is 562 g/mol. The molecule has 0 saturated heterocycles. The Bertz CT molecular complexity index is 1880. The van der Waals surface area contributed by atoms with Gasteiger partial charge in [0.1, 0.15) is 0 Å². The van der Waals surface area contributed by atoms with Crippen LogP contribution in [0, 0.1) is 6.92 Å². The highest BCUT2D eigenvalue weighted by Gasteiger charge is 2.40. The van der Waals surface area contributed by atoms with Gasteiger partial charge in [-0.3, -0.25) is 14.4 Å². The summed E-state index contributed by atoms with van der Waals surface area (Å²) in [4.78, 5) is 56.1. The van der Waals surface area contributed by atoms with Crippen LogP contribution in [0.5, 0.6) is 0 Å². The number of aryl methyl sites for hydroxylation is 1. The Morgan fingerprint density at radius 1 is 0.976 bits per heavy atom. The fourth-order valence-electron chi connectivity index (χ4n) is 6.70. The number of carbonyl (C=O) groups excluding carboxylic acids is 3. The second-order valence-electron chi connectivity index (χ2n) is 11.3. The Hall–Kier alpha value is -4.59. The zero-order valence-electron chi connectivity index (χ0n) is 24.8. The first-order valence-electron chi connectivity index (χ1n) is 14.4. The first kappa shape index (κ1) is 27.6. The number of ketones is 2. The fraction of sp³-hybridized carbons (Fsp3) is 0.324. The molecule has 6 rings (SSSR count). The number of carbonyl (C=O) groups is 3. The van der Waals surface area contributed by atoms with Crippen molar-refractivity contribution in [3.63, 3.8) is 0 Å². The molecule has 8 heteroatoms. The Balaban J connectivity index is 1.76. The maximum absolute atomic E-state index is 13.6. The number of aromatic nitrogens is 4. The number of nitrogens with one attached hydrogen (secondary N) is 2. The van der Waals surface area contributed by atoms with Crippen molar-refractivity contribution in [1.29, 1.82) is 0 Å². The van der Waals surface area contributed by atoms with E-state index < -0.39 is 11.6 Å². The van der Waals surface area contributed by atoms with E-state index in [4.69, 9.17) is 14.7 Å². The largest absolute Gasteiger partial charge is 0.469 e. The van der Waals surface area contributed by atoms with E-state index in [1.54, 1.807) is 0 Å². The molecule has 8 nitrogen and oxygen atoms in total. The minimum Gasteiger partial charge on any atom is -0.469 e. The normalized spacial score (nSPS) is 18.6. The number of methoxy groups -OCH3 is 1. The number of fused-ring (bicyclic) bond motifs is 8. The van der Waals surface area contributed by atoms with Crippen molar-refractivity contribution in [2.45, 2.75) is 65.7 Å². The van der Waals surface area contributed by atoms with E-state index >= 15 is 0 Å². The van der Waals surface area contributed by atoms with E-state index in [2.05, 4.69) is 37.3 Å². The average molecular weight is 563 g/mol. The number of ether oxygens (including phenoxy) is 1. The molecule has 2 N–H and O–H groups in total. The number of rotatable bonds is 5. The van der Waals surface area contributed by atoms with Gasteiger partial charge < -0.3 is 14.7 Å². The number of nitrogens with zero attached hydrogens (tertiary/aromatic N) is 2. The second-order valence-corrected chi connectivity index (χ2v) is 11.3. The lowest BCUT2D eigenvalue weighted by atomic mass is 9.85. The predicted molar refractivity (Wildman–Crippen MR) is 164 cm³/mol. The summed E-state index contributed by atoms with van der Waals surface area (Å²) >= 11 is 0. The molecule has 3 aliphatic heterocycles. The van der Waals surface area contributed by atoms with Gasteiger partial charge in [-0.15, -0.1) is 0 Å². The molecule has 5 heterocycles. The van der Waals surface area contributed by atoms with Crippen LogP contribution in [0.15, 0.2) is 30.9 Å². The lowest BCUT2D eigenvalue weighted by Gasteiger charge is -2.17. The second kappa shape index (κ2) is 10.0. The van der Waals surface area contributed by atoms with E-state index in [1.165, 1.54) is 7.11 Å². The molecule has 2 unspecified atom stereocenters. The highest BCUT2D eigenvalue weighted by Crippen LogP contribution is 2.45. The van der Waals surface area contributed by atoms with Crippen molar-refractivity contribution >= 4 is 50.9 Å². The van der Waals surface area contributed by atoms with Gasteiger partial charge in [-0.25, -0.2) is 9.97 Å². The van der Waals surface area contributed by atoms with E-state index in [-0.39, 0.29) is 24.2 Å². The van der Waals surface area contributed by atoms with Gasteiger partial charge in [-0.2, -0.15) is 0 Å². The van der Waals surface area contributed by atoms with Crippen molar-refractivity contribution in [1.82, 2.24) is 19.9 Å². The third-order valence-electron chi connectivity index (χ3n) is 9.20. The molecule has 1 aliphatic carbocycles. The van der Waals surface area contributed by atoms with Crippen LogP contribution >= 0.6 is 0 Å². The molecule has 4 aliphatic rings.